The number of hydrogen-bond donors (Lipinski definition) is 1. The number of aromatic nitrogens is 2. The molecular weight excluding hydrogens is 284 g/mol. The van der Waals surface area contributed by atoms with Crippen molar-refractivity contribution in [2.45, 2.75) is 37.0 Å². The summed E-state index contributed by atoms with van der Waals surface area (Å²) in [6.45, 7) is 3.85. The molecule has 110 valence electrons. The number of carboxylic acid groups (broad SMARTS) is 1. The molecule has 0 saturated carbocycles. The summed E-state index contributed by atoms with van der Waals surface area (Å²) in [5, 5.41) is 9.60. The highest BCUT2D eigenvalue weighted by molar-refractivity contribution is 8.00. The van der Waals surface area contributed by atoms with E-state index < -0.39 is 11.2 Å². The number of hydrogen-bond acceptors (Lipinski definition) is 4. The molecule has 1 aromatic carbocycles. The second-order valence-electron chi connectivity index (χ2n) is 4.73. The number of benzene rings is 1. The summed E-state index contributed by atoms with van der Waals surface area (Å²) in [5.41, 5.74) is 1.95. The van der Waals surface area contributed by atoms with Crippen molar-refractivity contribution in [1.82, 2.24) is 9.97 Å². The predicted octanol–water partition coefficient (Wildman–Crippen LogP) is 3.14. The van der Waals surface area contributed by atoms with Crippen LogP contribution in [0.2, 0.25) is 0 Å². The van der Waals surface area contributed by atoms with Gasteiger partial charge in [0.2, 0.25) is 0 Å². The molecular formula is C16H18N2O2S. The molecule has 2 aromatic rings. The van der Waals surface area contributed by atoms with Gasteiger partial charge < -0.3 is 5.11 Å². The molecule has 0 bridgehead atoms. The Kier molecular flexibility index (Phi) is 5.33. The Hall–Kier alpha value is -1.88. The van der Waals surface area contributed by atoms with Crippen LogP contribution in [-0.2, 0) is 17.6 Å². The zero-order chi connectivity index (χ0) is 15.2. The fraction of sp³-hybridized carbons (Fsp3) is 0.312. The lowest BCUT2D eigenvalue weighted by atomic mass is 10.1. The van der Waals surface area contributed by atoms with E-state index in [0.717, 1.165) is 22.7 Å². The summed E-state index contributed by atoms with van der Waals surface area (Å²) in [5.74, 6) is -0.140. The first-order chi connectivity index (χ1) is 10.1. The van der Waals surface area contributed by atoms with E-state index in [-0.39, 0.29) is 0 Å². The molecule has 0 aliphatic heterocycles. The molecule has 5 heteroatoms. The third-order valence-electron chi connectivity index (χ3n) is 3.03. The van der Waals surface area contributed by atoms with Crippen LogP contribution in [0.5, 0.6) is 0 Å². The van der Waals surface area contributed by atoms with Gasteiger partial charge in [-0.05, 0) is 31.4 Å². The molecule has 21 heavy (non-hydrogen) atoms. The minimum atomic E-state index is -0.821. The Morgan fingerprint density at radius 1 is 1.29 bits per heavy atom. The standard InChI is InChI=1S/C16H18N2O2S/c1-3-13-10-15(18-11(2)17-13)21-14(16(19)20)9-12-7-5-4-6-8-12/h4-8,10,14H,3,9H2,1-2H3,(H,19,20). The van der Waals surface area contributed by atoms with Gasteiger partial charge in [0.05, 0.1) is 0 Å². The fourth-order valence-corrected chi connectivity index (χ4v) is 3.05. The van der Waals surface area contributed by atoms with Crippen molar-refractivity contribution in [2.24, 2.45) is 0 Å². The van der Waals surface area contributed by atoms with Crippen molar-refractivity contribution in [1.29, 1.82) is 0 Å². The van der Waals surface area contributed by atoms with Gasteiger partial charge in [-0.2, -0.15) is 0 Å². The van der Waals surface area contributed by atoms with Crippen molar-refractivity contribution >= 4 is 17.7 Å². The Morgan fingerprint density at radius 3 is 2.62 bits per heavy atom. The first kappa shape index (κ1) is 15.5. The minimum Gasteiger partial charge on any atom is -0.480 e. The smallest absolute Gasteiger partial charge is 0.317 e. The second kappa shape index (κ2) is 7.22. The van der Waals surface area contributed by atoms with Crippen LogP contribution in [0, 0.1) is 6.92 Å². The van der Waals surface area contributed by atoms with E-state index in [2.05, 4.69) is 9.97 Å². The molecule has 2 rings (SSSR count). The van der Waals surface area contributed by atoms with Gasteiger partial charge in [-0.3, -0.25) is 4.79 Å². The summed E-state index contributed by atoms with van der Waals surface area (Å²) in [4.78, 5) is 20.1. The van der Waals surface area contributed by atoms with Crippen LogP contribution in [0.25, 0.3) is 0 Å². The highest BCUT2D eigenvalue weighted by atomic mass is 32.2. The summed E-state index contributed by atoms with van der Waals surface area (Å²) in [6.07, 6.45) is 1.29. The average molecular weight is 302 g/mol. The van der Waals surface area contributed by atoms with Gasteiger partial charge in [0.15, 0.2) is 0 Å². The maximum absolute atomic E-state index is 11.5. The largest absolute Gasteiger partial charge is 0.480 e. The number of aryl methyl sites for hydroxylation is 2. The maximum atomic E-state index is 11.5. The molecule has 0 saturated heterocycles. The summed E-state index contributed by atoms with van der Waals surface area (Å²) >= 11 is 1.28. The summed E-state index contributed by atoms with van der Waals surface area (Å²) < 4.78 is 0. The first-order valence-corrected chi connectivity index (χ1v) is 7.74. The van der Waals surface area contributed by atoms with Crippen LogP contribution in [0.4, 0.5) is 0 Å². The third-order valence-corrected chi connectivity index (χ3v) is 4.14. The van der Waals surface area contributed by atoms with Gasteiger partial charge in [0.25, 0.3) is 0 Å². The SMILES string of the molecule is CCc1cc(SC(Cc2ccccc2)C(=O)O)nc(C)n1. The Balaban J connectivity index is 2.16. The predicted molar refractivity (Wildman–Crippen MR) is 83.6 cm³/mol. The molecule has 1 atom stereocenters. The van der Waals surface area contributed by atoms with Crippen molar-refractivity contribution in [3.05, 3.63) is 53.5 Å². The molecule has 1 unspecified atom stereocenters. The minimum absolute atomic E-state index is 0.478. The van der Waals surface area contributed by atoms with Crippen LogP contribution in [0.1, 0.15) is 24.0 Å². The Bertz CT molecular complexity index is 617. The number of carboxylic acids is 1. The van der Waals surface area contributed by atoms with E-state index in [1.807, 2.05) is 50.2 Å². The monoisotopic (exact) mass is 302 g/mol. The zero-order valence-electron chi connectivity index (χ0n) is 12.1. The lowest BCUT2D eigenvalue weighted by Gasteiger charge is -2.12. The third kappa shape index (κ3) is 4.56. The van der Waals surface area contributed by atoms with Crippen molar-refractivity contribution < 1.29 is 9.90 Å². The molecule has 0 aliphatic rings. The number of carbonyl (C=O) groups is 1. The normalized spacial score (nSPS) is 12.1. The van der Waals surface area contributed by atoms with Crippen LogP contribution in [-0.4, -0.2) is 26.3 Å². The van der Waals surface area contributed by atoms with Crippen molar-refractivity contribution in [3.63, 3.8) is 0 Å². The molecule has 0 fully saturated rings. The number of nitrogens with zero attached hydrogens (tertiary/aromatic N) is 2. The maximum Gasteiger partial charge on any atom is 0.317 e. The molecule has 1 aromatic heterocycles. The van der Waals surface area contributed by atoms with Crippen LogP contribution < -0.4 is 0 Å². The van der Waals surface area contributed by atoms with E-state index >= 15 is 0 Å². The number of aliphatic carboxylic acids is 1. The highest BCUT2D eigenvalue weighted by Gasteiger charge is 2.20. The zero-order valence-corrected chi connectivity index (χ0v) is 12.9. The summed E-state index contributed by atoms with van der Waals surface area (Å²) in [6, 6.07) is 11.5. The number of thioether (sulfide) groups is 1. The lowest BCUT2D eigenvalue weighted by molar-refractivity contribution is -0.136. The van der Waals surface area contributed by atoms with Gasteiger partial charge in [-0.1, -0.05) is 49.0 Å². The second-order valence-corrected chi connectivity index (χ2v) is 5.96. The van der Waals surface area contributed by atoms with Crippen LogP contribution in [0.3, 0.4) is 0 Å². The molecule has 0 amide bonds. The molecule has 4 nitrogen and oxygen atoms in total. The quantitative estimate of drug-likeness (QED) is 0.656. The van der Waals surface area contributed by atoms with Gasteiger partial charge in [0.1, 0.15) is 16.1 Å². The van der Waals surface area contributed by atoms with Crippen LogP contribution in [0.15, 0.2) is 41.4 Å². The highest BCUT2D eigenvalue weighted by Crippen LogP contribution is 2.25. The van der Waals surface area contributed by atoms with E-state index in [1.54, 1.807) is 0 Å². The van der Waals surface area contributed by atoms with E-state index in [1.165, 1.54) is 11.8 Å². The van der Waals surface area contributed by atoms with Crippen molar-refractivity contribution in [3.8, 4) is 0 Å². The topological polar surface area (TPSA) is 63.1 Å². The molecule has 0 aliphatic carbocycles. The Morgan fingerprint density at radius 2 is 2.00 bits per heavy atom. The molecule has 1 N–H and O–H groups in total. The average Bonchev–Trinajstić information content (AvgIpc) is 2.47. The van der Waals surface area contributed by atoms with Gasteiger partial charge >= 0.3 is 5.97 Å². The van der Waals surface area contributed by atoms with E-state index in [0.29, 0.717) is 12.2 Å². The Labute approximate surface area is 128 Å². The van der Waals surface area contributed by atoms with Crippen LogP contribution >= 0.6 is 11.8 Å². The van der Waals surface area contributed by atoms with E-state index in [4.69, 9.17) is 0 Å². The molecule has 1 heterocycles. The first-order valence-electron chi connectivity index (χ1n) is 6.86. The fourth-order valence-electron chi connectivity index (χ4n) is 1.99. The lowest BCUT2D eigenvalue weighted by Crippen LogP contribution is -2.19. The van der Waals surface area contributed by atoms with Gasteiger partial charge in [-0.15, -0.1) is 0 Å². The summed E-state index contributed by atoms with van der Waals surface area (Å²) in [7, 11) is 0. The van der Waals surface area contributed by atoms with Gasteiger partial charge in [-0.25, -0.2) is 9.97 Å². The van der Waals surface area contributed by atoms with Gasteiger partial charge in [0, 0.05) is 5.69 Å². The number of rotatable bonds is 6. The molecule has 0 radical (unpaired) electrons. The van der Waals surface area contributed by atoms with E-state index in [9.17, 15) is 9.90 Å². The molecule has 0 spiro atoms. The van der Waals surface area contributed by atoms with Crippen molar-refractivity contribution in [2.75, 3.05) is 0 Å².